The van der Waals surface area contributed by atoms with Gasteiger partial charge in [-0.1, -0.05) is 84.9 Å². The maximum atomic E-state index is 13.6. The molecule has 0 saturated heterocycles. The van der Waals surface area contributed by atoms with E-state index in [9.17, 15) is 4.79 Å². The van der Waals surface area contributed by atoms with E-state index >= 15 is 0 Å². The molecule has 0 unspecified atom stereocenters. The van der Waals surface area contributed by atoms with Gasteiger partial charge in [0.2, 0.25) is 5.91 Å². The van der Waals surface area contributed by atoms with Crippen LogP contribution >= 0.6 is 0 Å². The molecule has 0 spiro atoms. The molecule has 0 aliphatic carbocycles. The molecule has 172 valence electrons. The lowest BCUT2D eigenvalue weighted by Gasteiger charge is -2.24. The van der Waals surface area contributed by atoms with Gasteiger partial charge in [-0.2, -0.15) is 0 Å². The topological polar surface area (TPSA) is 38.8 Å². The molecule has 0 radical (unpaired) electrons. The van der Waals surface area contributed by atoms with E-state index in [1.165, 1.54) is 0 Å². The molecule has 4 nitrogen and oxygen atoms in total. The van der Waals surface area contributed by atoms with E-state index in [1.807, 2.05) is 83.8 Å². The zero-order valence-electron chi connectivity index (χ0n) is 19.6. The first-order valence-electron chi connectivity index (χ1n) is 11.3. The minimum atomic E-state index is 0.0765. The van der Waals surface area contributed by atoms with Gasteiger partial charge in [-0.05, 0) is 34.4 Å². The lowest BCUT2D eigenvalue weighted by molar-refractivity contribution is -0.131. The second-order valence-electron chi connectivity index (χ2n) is 8.12. The van der Waals surface area contributed by atoms with Crippen molar-refractivity contribution in [1.29, 1.82) is 0 Å². The van der Waals surface area contributed by atoms with Crippen LogP contribution in [0.15, 0.2) is 103 Å². The SMILES string of the molecule is COc1ccc(-c2ccccc2CC(=O)N(Cc2ccccc2)Cc2ccccc2)c(OC)c1. The minimum Gasteiger partial charge on any atom is -0.497 e. The number of amides is 1. The number of methoxy groups -OCH3 is 2. The fourth-order valence-corrected chi connectivity index (χ4v) is 4.07. The first-order valence-corrected chi connectivity index (χ1v) is 11.3. The summed E-state index contributed by atoms with van der Waals surface area (Å²) >= 11 is 0. The lowest BCUT2D eigenvalue weighted by atomic mass is 9.96. The van der Waals surface area contributed by atoms with E-state index in [-0.39, 0.29) is 5.91 Å². The van der Waals surface area contributed by atoms with Crippen molar-refractivity contribution >= 4 is 5.91 Å². The Morgan fingerprint density at radius 1 is 0.676 bits per heavy atom. The molecule has 0 aliphatic heterocycles. The molecule has 4 heteroatoms. The number of hydrogen-bond acceptors (Lipinski definition) is 3. The second kappa shape index (κ2) is 11.2. The summed E-state index contributed by atoms with van der Waals surface area (Å²) < 4.78 is 11.0. The molecular formula is C30H29NO3. The van der Waals surface area contributed by atoms with E-state index in [0.29, 0.717) is 25.3 Å². The van der Waals surface area contributed by atoms with Gasteiger partial charge in [-0.3, -0.25) is 4.79 Å². The zero-order chi connectivity index (χ0) is 23.8. The number of hydrogen-bond donors (Lipinski definition) is 0. The van der Waals surface area contributed by atoms with Gasteiger partial charge in [0.1, 0.15) is 11.5 Å². The standard InChI is InChI=1S/C30H29NO3/c1-33-26-17-18-28(29(20-26)34-2)27-16-10-9-15-25(27)19-30(32)31(21-23-11-5-3-6-12-23)22-24-13-7-4-8-14-24/h3-18,20H,19,21-22H2,1-2H3. The number of benzene rings is 4. The fourth-order valence-electron chi connectivity index (χ4n) is 4.07. The Kier molecular flexibility index (Phi) is 7.61. The van der Waals surface area contributed by atoms with Gasteiger partial charge in [0, 0.05) is 24.7 Å². The molecule has 0 atom stereocenters. The van der Waals surface area contributed by atoms with E-state index in [2.05, 4.69) is 24.3 Å². The van der Waals surface area contributed by atoms with Crippen molar-refractivity contribution in [3.63, 3.8) is 0 Å². The molecule has 4 rings (SSSR count). The van der Waals surface area contributed by atoms with E-state index < -0.39 is 0 Å². The highest BCUT2D eigenvalue weighted by Crippen LogP contribution is 2.35. The maximum absolute atomic E-state index is 13.6. The van der Waals surface area contributed by atoms with Crippen LogP contribution in [0.3, 0.4) is 0 Å². The Morgan fingerprint density at radius 3 is 1.85 bits per heavy atom. The van der Waals surface area contributed by atoms with E-state index in [0.717, 1.165) is 33.6 Å². The van der Waals surface area contributed by atoms with Crippen LogP contribution in [0.5, 0.6) is 11.5 Å². The molecular weight excluding hydrogens is 422 g/mol. The molecule has 4 aromatic rings. The van der Waals surface area contributed by atoms with Crippen molar-refractivity contribution < 1.29 is 14.3 Å². The zero-order valence-corrected chi connectivity index (χ0v) is 19.6. The molecule has 0 bridgehead atoms. The molecule has 0 saturated carbocycles. The first kappa shape index (κ1) is 23.1. The van der Waals surface area contributed by atoms with E-state index in [4.69, 9.17) is 9.47 Å². The Bertz CT molecular complexity index is 1180. The lowest BCUT2D eigenvalue weighted by Crippen LogP contribution is -2.31. The second-order valence-corrected chi connectivity index (χ2v) is 8.12. The largest absolute Gasteiger partial charge is 0.497 e. The summed E-state index contributed by atoms with van der Waals surface area (Å²) in [6.07, 6.45) is 0.297. The Labute approximate surface area is 201 Å². The van der Waals surface area contributed by atoms with Crippen LogP contribution in [0.2, 0.25) is 0 Å². The molecule has 1 amide bonds. The number of rotatable bonds is 9. The Hall–Kier alpha value is -4.05. The van der Waals surface area contributed by atoms with Crippen LogP contribution in [-0.4, -0.2) is 25.0 Å². The maximum Gasteiger partial charge on any atom is 0.227 e. The highest BCUT2D eigenvalue weighted by Gasteiger charge is 2.19. The van der Waals surface area contributed by atoms with Gasteiger partial charge in [-0.25, -0.2) is 0 Å². The van der Waals surface area contributed by atoms with Gasteiger partial charge in [0.05, 0.1) is 20.6 Å². The van der Waals surface area contributed by atoms with Crippen molar-refractivity contribution in [3.8, 4) is 22.6 Å². The Morgan fingerprint density at radius 2 is 1.26 bits per heavy atom. The van der Waals surface area contributed by atoms with Gasteiger partial charge < -0.3 is 14.4 Å². The van der Waals surface area contributed by atoms with Crippen LogP contribution < -0.4 is 9.47 Å². The number of nitrogens with zero attached hydrogens (tertiary/aromatic N) is 1. The van der Waals surface area contributed by atoms with Crippen LogP contribution in [-0.2, 0) is 24.3 Å². The van der Waals surface area contributed by atoms with Crippen LogP contribution in [0.4, 0.5) is 0 Å². The van der Waals surface area contributed by atoms with Crippen molar-refractivity contribution in [1.82, 2.24) is 4.90 Å². The smallest absolute Gasteiger partial charge is 0.227 e. The fraction of sp³-hybridized carbons (Fsp3) is 0.167. The normalized spacial score (nSPS) is 10.5. The molecule has 34 heavy (non-hydrogen) atoms. The number of ether oxygens (including phenoxy) is 2. The van der Waals surface area contributed by atoms with Gasteiger partial charge in [0.15, 0.2) is 0 Å². The quantitative estimate of drug-likeness (QED) is 0.307. The summed E-state index contributed by atoms with van der Waals surface area (Å²) in [7, 11) is 3.28. The Balaban J connectivity index is 1.63. The number of carbonyl (C=O) groups excluding carboxylic acids is 1. The molecule has 0 N–H and O–H groups in total. The minimum absolute atomic E-state index is 0.0765. The summed E-state index contributed by atoms with van der Waals surface area (Å²) in [5, 5.41) is 0. The summed E-state index contributed by atoms with van der Waals surface area (Å²) in [4.78, 5) is 15.6. The van der Waals surface area contributed by atoms with Crippen molar-refractivity contribution in [3.05, 3.63) is 120 Å². The van der Waals surface area contributed by atoms with Gasteiger partial charge >= 0.3 is 0 Å². The van der Waals surface area contributed by atoms with Crippen molar-refractivity contribution in [2.75, 3.05) is 14.2 Å². The van der Waals surface area contributed by atoms with Crippen LogP contribution in [0, 0.1) is 0 Å². The molecule has 0 fully saturated rings. The highest BCUT2D eigenvalue weighted by molar-refractivity contribution is 5.83. The van der Waals surface area contributed by atoms with Gasteiger partial charge in [0.25, 0.3) is 0 Å². The monoisotopic (exact) mass is 451 g/mol. The third kappa shape index (κ3) is 5.65. The predicted octanol–water partition coefficient (Wildman–Crippen LogP) is 6.14. The molecule has 0 heterocycles. The van der Waals surface area contributed by atoms with Crippen LogP contribution in [0.25, 0.3) is 11.1 Å². The van der Waals surface area contributed by atoms with Crippen molar-refractivity contribution in [2.24, 2.45) is 0 Å². The third-order valence-corrected chi connectivity index (χ3v) is 5.84. The van der Waals surface area contributed by atoms with Crippen molar-refractivity contribution in [2.45, 2.75) is 19.5 Å². The summed E-state index contributed by atoms with van der Waals surface area (Å²) in [5.41, 5.74) is 5.09. The van der Waals surface area contributed by atoms with E-state index in [1.54, 1.807) is 14.2 Å². The highest BCUT2D eigenvalue weighted by atomic mass is 16.5. The summed E-state index contributed by atoms with van der Waals surface area (Å²) in [6.45, 7) is 1.12. The average molecular weight is 452 g/mol. The van der Waals surface area contributed by atoms with Gasteiger partial charge in [-0.15, -0.1) is 0 Å². The molecule has 0 aromatic heterocycles. The van der Waals surface area contributed by atoms with Crippen LogP contribution in [0.1, 0.15) is 16.7 Å². The predicted molar refractivity (Wildman–Crippen MR) is 136 cm³/mol. The third-order valence-electron chi connectivity index (χ3n) is 5.84. The average Bonchev–Trinajstić information content (AvgIpc) is 2.89. The molecule has 4 aromatic carbocycles. The summed E-state index contributed by atoms with van der Waals surface area (Å²) in [6, 6.07) is 34.0. The first-order chi connectivity index (χ1) is 16.7. The summed E-state index contributed by atoms with van der Waals surface area (Å²) in [5.74, 6) is 1.52. The molecule has 0 aliphatic rings. The number of carbonyl (C=O) groups is 1.